The molecule has 0 bridgehead atoms. The summed E-state index contributed by atoms with van der Waals surface area (Å²) in [6.07, 6.45) is -4.58. The van der Waals surface area contributed by atoms with Crippen LogP contribution in [0.15, 0.2) is 36.4 Å². The molecule has 5 nitrogen and oxygen atoms in total. The molecule has 1 aromatic heterocycles. The van der Waals surface area contributed by atoms with Crippen LogP contribution in [0, 0.1) is 5.82 Å². The van der Waals surface area contributed by atoms with E-state index in [0.717, 1.165) is 18.2 Å². The Kier molecular flexibility index (Phi) is 4.23. The van der Waals surface area contributed by atoms with E-state index in [1.807, 2.05) is 0 Å². The van der Waals surface area contributed by atoms with Gasteiger partial charge in [0.25, 0.3) is 0 Å². The zero-order valence-electron chi connectivity index (χ0n) is 13.2. The predicted octanol–water partition coefficient (Wildman–Crippen LogP) is 4.78. The summed E-state index contributed by atoms with van der Waals surface area (Å²) in [6.45, 7) is 0. The van der Waals surface area contributed by atoms with Crippen LogP contribution in [0.1, 0.15) is 16.1 Å². The first kappa shape index (κ1) is 17.6. The Bertz CT molecular complexity index is 996. The van der Waals surface area contributed by atoms with Crippen LogP contribution in [-0.2, 0) is 6.18 Å². The molecular formula is C17H12F4N2O3. The summed E-state index contributed by atoms with van der Waals surface area (Å²) in [5, 5.41) is 12.0. The molecule has 0 aliphatic rings. The topological polar surface area (TPSA) is 74.3 Å². The highest BCUT2D eigenvalue weighted by atomic mass is 19.4. The molecule has 3 N–H and O–H groups in total. The van der Waals surface area contributed by atoms with Crippen molar-refractivity contribution in [2.75, 3.05) is 12.4 Å². The van der Waals surface area contributed by atoms with Gasteiger partial charge in [0.05, 0.1) is 18.2 Å². The molecule has 0 saturated heterocycles. The molecule has 0 saturated carbocycles. The van der Waals surface area contributed by atoms with Crippen molar-refractivity contribution in [3.8, 4) is 5.75 Å². The highest BCUT2D eigenvalue weighted by Crippen LogP contribution is 2.36. The van der Waals surface area contributed by atoms with E-state index < -0.39 is 23.5 Å². The van der Waals surface area contributed by atoms with Crippen LogP contribution in [0.25, 0.3) is 10.9 Å². The van der Waals surface area contributed by atoms with Crippen molar-refractivity contribution < 1.29 is 32.2 Å². The molecule has 0 amide bonds. The first-order chi connectivity index (χ1) is 12.2. The van der Waals surface area contributed by atoms with Gasteiger partial charge in [0.15, 0.2) is 0 Å². The summed E-state index contributed by atoms with van der Waals surface area (Å²) in [4.78, 5) is 13.5. The molecule has 0 radical (unpaired) electrons. The molecule has 0 aliphatic heterocycles. The van der Waals surface area contributed by atoms with Gasteiger partial charge in [-0.1, -0.05) is 0 Å². The minimum absolute atomic E-state index is 0.0130. The largest absolute Gasteiger partial charge is 0.497 e. The maximum absolute atomic E-state index is 13.9. The van der Waals surface area contributed by atoms with Crippen molar-refractivity contribution in [2.45, 2.75) is 6.18 Å². The van der Waals surface area contributed by atoms with Crippen LogP contribution >= 0.6 is 0 Å². The third-order valence-electron chi connectivity index (χ3n) is 3.72. The molecule has 136 valence electrons. The lowest BCUT2D eigenvalue weighted by Gasteiger charge is -2.14. The predicted molar refractivity (Wildman–Crippen MR) is 86.5 cm³/mol. The lowest BCUT2D eigenvalue weighted by Crippen LogP contribution is -2.06. The van der Waals surface area contributed by atoms with Crippen molar-refractivity contribution in [1.29, 1.82) is 0 Å². The molecule has 0 aliphatic carbocycles. The summed E-state index contributed by atoms with van der Waals surface area (Å²) in [7, 11) is 1.24. The number of fused-ring (bicyclic) bond motifs is 1. The Hall–Kier alpha value is -3.23. The number of aromatic nitrogens is 1. The molecule has 1 heterocycles. The smallest absolute Gasteiger partial charge is 0.416 e. The van der Waals surface area contributed by atoms with E-state index in [4.69, 9.17) is 9.84 Å². The van der Waals surface area contributed by atoms with Gasteiger partial charge in [-0.15, -0.1) is 0 Å². The molecule has 3 aromatic rings. The van der Waals surface area contributed by atoms with Crippen molar-refractivity contribution in [3.05, 3.63) is 53.5 Å². The number of halogens is 4. The van der Waals surface area contributed by atoms with E-state index in [9.17, 15) is 22.4 Å². The third kappa shape index (κ3) is 3.28. The van der Waals surface area contributed by atoms with Gasteiger partial charge in [-0.3, -0.25) is 0 Å². The minimum Gasteiger partial charge on any atom is -0.497 e. The highest BCUT2D eigenvalue weighted by molar-refractivity contribution is 6.00. The lowest BCUT2D eigenvalue weighted by molar-refractivity contribution is -0.137. The zero-order chi connectivity index (χ0) is 19.1. The number of carbonyl (C=O) groups is 1. The second-order valence-corrected chi connectivity index (χ2v) is 5.44. The maximum atomic E-state index is 13.9. The summed E-state index contributed by atoms with van der Waals surface area (Å²) in [5.74, 6) is -1.98. The van der Waals surface area contributed by atoms with Crippen LogP contribution in [0.5, 0.6) is 5.75 Å². The minimum atomic E-state index is -4.58. The van der Waals surface area contributed by atoms with Gasteiger partial charge < -0.3 is 20.1 Å². The van der Waals surface area contributed by atoms with Crippen LogP contribution in [0.4, 0.5) is 28.9 Å². The Morgan fingerprint density at radius 1 is 1.19 bits per heavy atom. The first-order valence-corrected chi connectivity index (χ1v) is 7.27. The normalized spacial score (nSPS) is 11.6. The number of hydrogen-bond acceptors (Lipinski definition) is 3. The van der Waals surface area contributed by atoms with Crippen molar-refractivity contribution >= 4 is 28.2 Å². The summed E-state index contributed by atoms with van der Waals surface area (Å²) >= 11 is 0. The number of aromatic carboxylic acids is 1. The molecular weight excluding hydrogens is 356 g/mol. The number of ether oxygens (including phenoxy) is 1. The Morgan fingerprint density at radius 2 is 1.92 bits per heavy atom. The Morgan fingerprint density at radius 3 is 2.54 bits per heavy atom. The van der Waals surface area contributed by atoms with Gasteiger partial charge in [-0.25, -0.2) is 9.18 Å². The fourth-order valence-electron chi connectivity index (χ4n) is 2.52. The van der Waals surface area contributed by atoms with Gasteiger partial charge in [-0.05, 0) is 30.3 Å². The zero-order valence-corrected chi connectivity index (χ0v) is 13.2. The summed E-state index contributed by atoms with van der Waals surface area (Å²) in [5.41, 5.74) is -0.923. The van der Waals surface area contributed by atoms with Gasteiger partial charge in [0, 0.05) is 22.8 Å². The highest BCUT2D eigenvalue weighted by Gasteiger charge is 2.31. The van der Waals surface area contributed by atoms with Crippen LogP contribution in [0.2, 0.25) is 0 Å². The number of carboxylic acid groups (broad SMARTS) is 1. The lowest BCUT2D eigenvalue weighted by atomic mass is 10.1. The molecule has 9 heteroatoms. The Balaban J connectivity index is 2.09. The van der Waals surface area contributed by atoms with Gasteiger partial charge >= 0.3 is 12.1 Å². The van der Waals surface area contributed by atoms with E-state index in [-0.39, 0.29) is 33.7 Å². The van der Waals surface area contributed by atoms with Crippen LogP contribution in [-0.4, -0.2) is 23.2 Å². The number of benzene rings is 2. The number of hydrogen-bond donors (Lipinski definition) is 3. The molecule has 0 unspecified atom stereocenters. The molecule has 26 heavy (non-hydrogen) atoms. The second kappa shape index (κ2) is 6.25. The van der Waals surface area contributed by atoms with Gasteiger partial charge in [0.2, 0.25) is 0 Å². The first-order valence-electron chi connectivity index (χ1n) is 7.27. The number of H-pyrrole nitrogens is 1. The fraction of sp³-hybridized carbons (Fsp3) is 0.118. The number of rotatable bonds is 4. The van der Waals surface area contributed by atoms with E-state index in [0.29, 0.717) is 0 Å². The number of anilines is 2. The number of methoxy groups -OCH3 is 1. The number of alkyl halides is 3. The van der Waals surface area contributed by atoms with Gasteiger partial charge in [0.1, 0.15) is 17.3 Å². The number of aromatic amines is 1. The van der Waals surface area contributed by atoms with Crippen molar-refractivity contribution in [1.82, 2.24) is 4.98 Å². The molecule has 0 spiro atoms. The Labute approximate surface area is 144 Å². The standard InChI is InChI=1S/C17H12F4N2O3/c1-26-10-5-8(17(19,20)21)4-9(6-10)22-13-3-2-12(18)15-11(13)7-14(23-15)16(24)25/h2-7,22-23H,1H3,(H,24,25). The van der Waals surface area contributed by atoms with Crippen LogP contribution < -0.4 is 10.1 Å². The van der Waals surface area contributed by atoms with E-state index >= 15 is 0 Å². The SMILES string of the molecule is COc1cc(Nc2ccc(F)c3[nH]c(C(=O)O)cc23)cc(C(F)(F)F)c1. The summed E-state index contributed by atoms with van der Waals surface area (Å²) < 4.78 is 57.8. The summed E-state index contributed by atoms with van der Waals surface area (Å²) in [6, 6.07) is 6.66. The number of carboxylic acids is 1. The molecule has 2 aromatic carbocycles. The van der Waals surface area contributed by atoms with Crippen molar-refractivity contribution in [3.63, 3.8) is 0 Å². The fourth-order valence-corrected chi connectivity index (χ4v) is 2.52. The quantitative estimate of drug-likeness (QED) is 0.580. The average Bonchev–Trinajstić information content (AvgIpc) is 3.03. The van der Waals surface area contributed by atoms with Crippen molar-refractivity contribution in [2.24, 2.45) is 0 Å². The molecule has 0 fully saturated rings. The van der Waals surface area contributed by atoms with E-state index in [1.54, 1.807) is 0 Å². The van der Waals surface area contributed by atoms with E-state index in [1.165, 1.54) is 25.3 Å². The average molecular weight is 368 g/mol. The molecule has 3 rings (SSSR count). The second-order valence-electron chi connectivity index (χ2n) is 5.44. The maximum Gasteiger partial charge on any atom is 0.416 e. The van der Waals surface area contributed by atoms with E-state index in [2.05, 4.69) is 10.3 Å². The monoisotopic (exact) mass is 368 g/mol. The third-order valence-corrected chi connectivity index (χ3v) is 3.72. The van der Waals surface area contributed by atoms with Crippen LogP contribution in [0.3, 0.4) is 0 Å². The van der Waals surface area contributed by atoms with Gasteiger partial charge in [-0.2, -0.15) is 13.2 Å². The number of nitrogens with one attached hydrogen (secondary N) is 2. The molecule has 0 atom stereocenters.